The minimum absolute atomic E-state index is 0.203. The van der Waals surface area contributed by atoms with Gasteiger partial charge in [0.15, 0.2) is 6.10 Å². The summed E-state index contributed by atoms with van der Waals surface area (Å²) in [5.41, 5.74) is 7.38. The van der Waals surface area contributed by atoms with Crippen LogP contribution in [0, 0.1) is 11.3 Å². The Hall–Kier alpha value is -2.34. The number of nitrogens with one attached hydrogen (secondary N) is 1. The predicted octanol–water partition coefficient (Wildman–Crippen LogP) is 4.79. The number of nitrogens with two attached hydrogens (primary N) is 1. The maximum atomic E-state index is 12.9. The molecule has 0 spiro atoms. The molecule has 2 amide bonds. The number of carbonyl (C=O) groups is 2. The van der Waals surface area contributed by atoms with Crippen LogP contribution in [-0.2, 0) is 17.6 Å². The highest BCUT2D eigenvalue weighted by atomic mass is 32.1. The molecule has 2 atom stereocenters. The normalized spacial score (nSPS) is 17.3. The van der Waals surface area contributed by atoms with Gasteiger partial charge in [-0.3, -0.25) is 9.59 Å². The number of hydrogen-bond donors (Lipinski definition) is 2. The molecule has 5 nitrogen and oxygen atoms in total. The lowest BCUT2D eigenvalue weighted by Crippen LogP contribution is -2.32. The summed E-state index contributed by atoms with van der Waals surface area (Å²) in [4.78, 5) is 26.2. The minimum Gasteiger partial charge on any atom is -0.481 e. The van der Waals surface area contributed by atoms with Crippen LogP contribution in [0.2, 0.25) is 0 Å². The first-order valence-corrected chi connectivity index (χ1v) is 11.0. The monoisotopic (exact) mass is 414 g/mol. The summed E-state index contributed by atoms with van der Waals surface area (Å²) in [6.45, 7) is 8.65. The zero-order valence-electron chi connectivity index (χ0n) is 17.6. The lowest BCUT2D eigenvalue weighted by atomic mass is 9.72. The van der Waals surface area contributed by atoms with Crippen LogP contribution in [0.3, 0.4) is 0 Å². The van der Waals surface area contributed by atoms with Crippen molar-refractivity contribution in [2.45, 2.75) is 59.5 Å². The molecule has 0 fully saturated rings. The van der Waals surface area contributed by atoms with Crippen molar-refractivity contribution in [3.05, 3.63) is 46.3 Å². The van der Waals surface area contributed by atoms with E-state index in [1.54, 1.807) is 0 Å². The van der Waals surface area contributed by atoms with Crippen molar-refractivity contribution >= 4 is 28.2 Å². The van der Waals surface area contributed by atoms with Crippen molar-refractivity contribution in [1.82, 2.24) is 0 Å². The fourth-order valence-electron chi connectivity index (χ4n) is 3.85. The zero-order chi connectivity index (χ0) is 21.2. The van der Waals surface area contributed by atoms with E-state index in [0.29, 0.717) is 28.7 Å². The summed E-state index contributed by atoms with van der Waals surface area (Å²) in [7, 11) is 0. The van der Waals surface area contributed by atoms with Crippen LogP contribution in [0.1, 0.15) is 61.3 Å². The third-order valence-corrected chi connectivity index (χ3v) is 6.83. The van der Waals surface area contributed by atoms with Crippen LogP contribution in [0.5, 0.6) is 5.75 Å². The second-order valence-corrected chi connectivity index (χ2v) is 9.80. The number of carbonyl (C=O) groups excluding carboxylic acids is 2. The molecular formula is C23H30N2O3S. The van der Waals surface area contributed by atoms with Crippen molar-refractivity contribution < 1.29 is 14.3 Å². The number of thiophene rings is 1. The Kier molecular flexibility index (Phi) is 6.32. The average Bonchev–Trinajstić information content (AvgIpc) is 3.03. The minimum atomic E-state index is -0.639. The van der Waals surface area contributed by atoms with Gasteiger partial charge in [-0.1, -0.05) is 45.9 Å². The van der Waals surface area contributed by atoms with Crippen LogP contribution in [0.4, 0.5) is 5.00 Å². The van der Waals surface area contributed by atoms with Crippen LogP contribution in [-0.4, -0.2) is 17.9 Å². The van der Waals surface area contributed by atoms with Crippen LogP contribution in [0.15, 0.2) is 30.3 Å². The van der Waals surface area contributed by atoms with Crippen molar-refractivity contribution in [2.24, 2.45) is 17.1 Å². The number of primary amides is 1. The lowest BCUT2D eigenvalue weighted by molar-refractivity contribution is -0.122. The number of rotatable bonds is 6. The SMILES string of the molecule is CC[C@H](Oc1ccccc1)C(=O)Nc1sc2c(c1C(N)=O)CC[C@@H](C(C)(C)C)C2. The van der Waals surface area contributed by atoms with Gasteiger partial charge in [0.2, 0.25) is 0 Å². The standard InChI is InChI=1S/C23H30N2O3S/c1-5-17(28-15-9-7-6-8-10-15)21(27)25-22-19(20(24)26)16-12-11-14(23(2,3)4)13-18(16)29-22/h6-10,14,17H,5,11-13H2,1-4H3,(H2,24,26)(H,25,27)/t14-,17+/m1/s1. The molecule has 156 valence electrons. The number of para-hydroxylation sites is 1. The molecule has 0 saturated heterocycles. The molecule has 0 bridgehead atoms. The topological polar surface area (TPSA) is 81.4 Å². The van der Waals surface area contributed by atoms with Gasteiger partial charge in [0.1, 0.15) is 10.8 Å². The molecular weight excluding hydrogens is 384 g/mol. The molecule has 1 aromatic heterocycles. The van der Waals surface area contributed by atoms with Gasteiger partial charge >= 0.3 is 0 Å². The highest BCUT2D eigenvalue weighted by Gasteiger charge is 2.34. The third kappa shape index (κ3) is 4.81. The van der Waals surface area contributed by atoms with E-state index in [4.69, 9.17) is 10.5 Å². The van der Waals surface area contributed by atoms with E-state index in [1.807, 2.05) is 37.3 Å². The second kappa shape index (κ2) is 8.57. The van der Waals surface area contributed by atoms with Crippen molar-refractivity contribution in [1.29, 1.82) is 0 Å². The molecule has 3 N–H and O–H groups in total. The number of ether oxygens (including phenoxy) is 1. The molecule has 0 unspecified atom stereocenters. The maximum absolute atomic E-state index is 12.9. The lowest BCUT2D eigenvalue weighted by Gasteiger charge is -2.33. The fraction of sp³-hybridized carbons (Fsp3) is 0.478. The second-order valence-electron chi connectivity index (χ2n) is 8.69. The van der Waals surface area contributed by atoms with Gasteiger partial charge < -0.3 is 15.8 Å². The maximum Gasteiger partial charge on any atom is 0.266 e. The Labute approximate surface area is 176 Å². The molecule has 29 heavy (non-hydrogen) atoms. The van der Waals surface area contributed by atoms with Gasteiger partial charge in [-0.15, -0.1) is 11.3 Å². The van der Waals surface area contributed by atoms with Gasteiger partial charge in [-0.05, 0) is 54.7 Å². The molecule has 0 saturated carbocycles. The van der Waals surface area contributed by atoms with Gasteiger partial charge in [-0.25, -0.2) is 0 Å². The summed E-state index contributed by atoms with van der Waals surface area (Å²) >= 11 is 1.48. The number of anilines is 1. The summed E-state index contributed by atoms with van der Waals surface area (Å²) in [5.74, 6) is 0.444. The molecule has 0 aliphatic heterocycles. The largest absolute Gasteiger partial charge is 0.481 e. The Morgan fingerprint density at radius 3 is 2.55 bits per heavy atom. The first-order valence-electron chi connectivity index (χ1n) is 10.2. The van der Waals surface area contributed by atoms with Gasteiger partial charge in [0.25, 0.3) is 11.8 Å². The first kappa shape index (κ1) is 21.4. The van der Waals surface area contributed by atoms with Crippen LogP contribution in [0.25, 0.3) is 0 Å². The zero-order valence-corrected chi connectivity index (χ0v) is 18.4. The first-order chi connectivity index (χ1) is 13.7. The van der Waals surface area contributed by atoms with Gasteiger partial charge in [0.05, 0.1) is 5.56 Å². The molecule has 1 aliphatic carbocycles. The quantitative estimate of drug-likeness (QED) is 0.713. The molecule has 6 heteroatoms. The molecule has 1 heterocycles. The average molecular weight is 415 g/mol. The number of amides is 2. The van der Waals surface area contributed by atoms with E-state index in [0.717, 1.165) is 29.7 Å². The molecule has 1 aliphatic rings. The van der Waals surface area contributed by atoms with Crippen molar-refractivity contribution in [3.8, 4) is 5.75 Å². The Morgan fingerprint density at radius 1 is 1.28 bits per heavy atom. The van der Waals surface area contributed by atoms with Gasteiger partial charge in [0, 0.05) is 4.88 Å². The molecule has 2 aromatic rings. The summed E-state index contributed by atoms with van der Waals surface area (Å²) < 4.78 is 5.84. The van der Waals surface area contributed by atoms with E-state index in [-0.39, 0.29) is 11.3 Å². The Morgan fingerprint density at radius 2 is 1.97 bits per heavy atom. The highest BCUT2D eigenvalue weighted by molar-refractivity contribution is 7.17. The number of hydrogen-bond acceptors (Lipinski definition) is 4. The number of benzene rings is 1. The van der Waals surface area contributed by atoms with Crippen molar-refractivity contribution in [2.75, 3.05) is 5.32 Å². The van der Waals surface area contributed by atoms with E-state index in [9.17, 15) is 9.59 Å². The molecule has 1 aromatic carbocycles. The Balaban J connectivity index is 1.82. The number of fused-ring (bicyclic) bond motifs is 1. The smallest absolute Gasteiger partial charge is 0.266 e. The van der Waals surface area contributed by atoms with Crippen molar-refractivity contribution in [3.63, 3.8) is 0 Å². The summed E-state index contributed by atoms with van der Waals surface area (Å²) in [6, 6.07) is 9.27. The van der Waals surface area contributed by atoms with E-state index in [2.05, 4.69) is 26.1 Å². The van der Waals surface area contributed by atoms with E-state index >= 15 is 0 Å². The predicted molar refractivity (Wildman–Crippen MR) is 118 cm³/mol. The van der Waals surface area contributed by atoms with E-state index in [1.165, 1.54) is 11.3 Å². The summed E-state index contributed by atoms with van der Waals surface area (Å²) in [5, 5.41) is 3.48. The molecule has 0 radical (unpaired) electrons. The summed E-state index contributed by atoms with van der Waals surface area (Å²) in [6.07, 6.45) is 2.63. The van der Waals surface area contributed by atoms with Crippen LogP contribution >= 0.6 is 11.3 Å². The van der Waals surface area contributed by atoms with E-state index < -0.39 is 12.0 Å². The van der Waals surface area contributed by atoms with Gasteiger partial charge in [-0.2, -0.15) is 0 Å². The third-order valence-electron chi connectivity index (χ3n) is 5.66. The highest BCUT2D eigenvalue weighted by Crippen LogP contribution is 2.44. The molecule has 3 rings (SSSR count). The Bertz CT molecular complexity index is 884. The van der Waals surface area contributed by atoms with Crippen LogP contribution < -0.4 is 15.8 Å². The fourth-order valence-corrected chi connectivity index (χ4v) is 5.19.